The topological polar surface area (TPSA) is 76.9 Å². The van der Waals surface area contributed by atoms with Crippen LogP contribution in [0.3, 0.4) is 0 Å². The second-order valence-electron chi connectivity index (χ2n) is 7.74. The van der Waals surface area contributed by atoms with Crippen LogP contribution in [0.25, 0.3) is 11.4 Å². The standard InChI is InChI=1S/C26H23ClN4O2S/c1-17(32)20-11-8-12-21(15-20)28-25(33)18(2)34-26-30-29-24(22-13-6-7-14-23(22)27)31(26)16-19-9-4-3-5-10-19/h3-15,18H,16H2,1-2H3,(H,28,33)/t18-/m1/s1. The molecule has 3 aromatic carbocycles. The summed E-state index contributed by atoms with van der Waals surface area (Å²) < 4.78 is 1.97. The molecule has 0 radical (unpaired) electrons. The number of hydrogen-bond acceptors (Lipinski definition) is 5. The van der Waals surface area contributed by atoms with E-state index < -0.39 is 5.25 Å². The van der Waals surface area contributed by atoms with Crippen LogP contribution < -0.4 is 5.32 Å². The molecule has 0 saturated heterocycles. The zero-order valence-corrected chi connectivity index (χ0v) is 20.3. The predicted molar refractivity (Wildman–Crippen MR) is 136 cm³/mol. The summed E-state index contributed by atoms with van der Waals surface area (Å²) in [7, 11) is 0. The number of hydrogen-bond donors (Lipinski definition) is 1. The van der Waals surface area contributed by atoms with Gasteiger partial charge in [-0.3, -0.25) is 14.2 Å². The van der Waals surface area contributed by atoms with Gasteiger partial charge in [0.05, 0.1) is 16.8 Å². The lowest BCUT2D eigenvalue weighted by molar-refractivity contribution is -0.115. The Labute approximate surface area is 207 Å². The summed E-state index contributed by atoms with van der Waals surface area (Å²) in [6, 6.07) is 24.4. The third-order valence-corrected chi connectivity index (χ3v) is 6.61. The van der Waals surface area contributed by atoms with E-state index in [-0.39, 0.29) is 11.7 Å². The van der Waals surface area contributed by atoms with Crippen molar-refractivity contribution >= 4 is 40.7 Å². The molecule has 172 valence electrons. The SMILES string of the molecule is CC(=O)c1cccc(NC(=O)[C@@H](C)Sc2nnc(-c3ccccc3Cl)n2Cc2ccccc2)c1. The zero-order chi connectivity index (χ0) is 24.1. The fraction of sp³-hybridized carbons (Fsp3) is 0.154. The highest BCUT2D eigenvalue weighted by Gasteiger charge is 2.22. The van der Waals surface area contributed by atoms with Crippen LogP contribution in [0.5, 0.6) is 0 Å². The molecule has 0 aliphatic rings. The Hall–Kier alpha value is -3.42. The van der Waals surface area contributed by atoms with Crippen LogP contribution in [0.1, 0.15) is 29.8 Å². The molecule has 8 heteroatoms. The Kier molecular flexibility index (Phi) is 7.45. The average molecular weight is 491 g/mol. The summed E-state index contributed by atoms with van der Waals surface area (Å²) in [5.41, 5.74) is 2.98. The molecule has 0 spiro atoms. The lowest BCUT2D eigenvalue weighted by Crippen LogP contribution is -2.23. The molecule has 0 aliphatic heterocycles. The fourth-order valence-corrected chi connectivity index (χ4v) is 4.47. The second kappa shape index (κ2) is 10.7. The monoisotopic (exact) mass is 490 g/mol. The van der Waals surface area contributed by atoms with E-state index in [4.69, 9.17) is 11.6 Å². The van der Waals surface area contributed by atoms with Crippen molar-refractivity contribution in [2.45, 2.75) is 30.8 Å². The number of aromatic nitrogens is 3. The van der Waals surface area contributed by atoms with Gasteiger partial charge in [0.25, 0.3) is 0 Å². The number of rotatable bonds is 8. The van der Waals surface area contributed by atoms with Crippen LogP contribution in [0.2, 0.25) is 5.02 Å². The molecule has 1 heterocycles. The number of Topliss-reactive ketones (excluding diaryl/α,β-unsaturated/α-hetero) is 1. The van der Waals surface area contributed by atoms with Gasteiger partial charge in [0, 0.05) is 16.8 Å². The molecule has 0 unspecified atom stereocenters. The van der Waals surface area contributed by atoms with E-state index in [2.05, 4.69) is 15.5 Å². The molecule has 0 bridgehead atoms. The van der Waals surface area contributed by atoms with E-state index in [9.17, 15) is 9.59 Å². The number of halogens is 1. The number of ketones is 1. The second-order valence-corrected chi connectivity index (χ2v) is 9.46. The van der Waals surface area contributed by atoms with Crippen molar-refractivity contribution in [1.82, 2.24) is 14.8 Å². The van der Waals surface area contributed by atoms with Crippen LogP contribution in [0.4, 0.5) is 5.69 Å². The normalized spacial score (nSPS) is 11.7. The molecule has 1 aromatic heterocycles. The summed E-state index contributed by atoms with van der Waals surface area (Å²) in [4.78, 5) is 24.5. The van der Waals surface area contributed by atoms with Crippen LogP contribution in [-0.2, 0) is 11.3 Å². The first-order valence-electron chi connectivity index (χ1n) is 10.7. The highest BCUT2D eigenvalue weighted by molar-refractivity contribution is 8.00. The quantitative estimate of drug-likeness (QED) is 0.243. The third kappa shape index (κ3) is 5.55. The molecule has 1 atom stereocenters. The van der Waals surface area contributed by atoms with Crippen molar-refractivity contribution in [3.05, 3.63) is 95.0 Å². The molecular formula is C26H23ClN4O2S. The van der Waals surface area contributed by atoms with Crippen LogP contribution in [0.15, 0.2) is 84.0 Å². The van der Waals surface area contributed by atoms with Gasteiger partial charge in [-0.2, -0.15) is 0 Å². The van der Waals surface area contributed by atoms with E-state index in [0.717, 1.165) is 11.1 Å². The fourth-order valence-electron chi connectivity index (χ4n) is 3.40. The number of benzene rings is 3. The van der Waals surface area contributed by atoms with E-state index in [1.807, 2.05) is 66.1 Å². The van der Waals surface area contributed by atoms with Crippen LogP contribution in [0, 0.1) is 0 Å². The van der Waals surface area contributed by atoms with Crippen molar-refractivity contribution in [2.24, 2.45) is 0 Å². The molecule has 34 heavy (non-hydrogen) atoms. The van der Waals surface area contributed by atoms with E-state index in [0.29, 0.717) is 33.8 Å². The Morgan fingerprint density at radius 1 is 1.00 bits per heavy atom. The average Bonchev–Trinajstić information content (AvgIpc) is 3.21. The van der Waals surface area contributed by atoms with Gasteiger partial charge in [0.1, 0.15) is 0 Å². The van der Waals surface area contributed by atoms with E-state index in [1.165, 1.54) is 18.7 Å². The van der Waals surface area contributed by atoms with Crippen molar-refractivity contribution in [3.63, 3.8) is 0 Å². The van der Waals surface area contributed by atoms with Crippen LogP contribution in [-0.4, -0.2) is 31.7 Å². The molecule has 1 amide bonds. The third-order valence-electron chi connectivity index (χ3n) is 5.20. The Morgan fingerprint density at radius 2 is 1.74 bits per heavy atom. The van der Waals surface area contributed by atoms with E-state index in [1.54, 1.807) is 24.3 Å². The predicted octanol–water partition coefficient (Wildman–Crippen LogP) is 5.97. The number of carbonyl (C=O) groups is 2. The largest absolute Gasteiger partial charge is 0.325 e. The van der Waals surface area contributed by atoms with Gasteiger partial charge >= 0.3 is 0 Å². The highest BCUT2D eigenvalue weighted by atomic mass is 35.5. The van der Waals surface area contributed by atoms with Crippen molar-refractivity contribution in [2.75, 3.05) is 5.32 Å². The molecule has 0 fully saturated rings. The van der Waals surface area contributed by atoms with Crippen LogP contribution >= 0.6 is 23.4 Å². The summed E-state index contributed by atoms with van der Waals surface area (Å²) >= 11 is 7.76. The van der Waals surface area contributed by atoms with Crippen molar-refractivity contribution < 1.29 is 9.59 Å². The summed E-state index contributed by atoms with van der Waals surface area (Å²) in [6.45, 7) is 3.84. The first-order chi connectivity index (χ1) is 16.4. The van der Waals surface area contributed by atoms with Gasteiger partial charge in [-0.05, 0) is 43.7 Å². The molecule has 1 N–H and O–H groups in total. The van der Waals surface area contributed by atoms with Gasteiger partial charge in [0.2, 0.25) is 5.91 Å². The Bertz CT molecular complexity index is 1320. The van der Waals surface area contributed by atoms with Gasteiger partial charge < -0.3 is 5.32 Å². The molecule has 4 aromatic rings. The van der Waals surface area contributed by atoms with Gasteiger partial charge in [-0.1, -0.05) is 78.0 Å². The zero-order valence-electron chi connectivity index (χ0n) is 18.7. The maximum Gasteiger partial charge on any atom is 0.237 e. The summed E-state index contributed by atoms with van der Waals surface area (Å²) in [5, 5.41) is 12.4. The Balaban J connectivity index is 1.59. The minimum absolute atomic E-state index is 0.0559. The first-order valence-corrected chi connectivity index (χ1v) is 12.0. The first kappa shape index (κ1) is 23.7. The van der Waals surface area contributed by atoms with Crippen molar-refractivity contribution in [3.8, 4) is 11.4 Å². The number of amides is 1. The minimum atomic E-state index is -0.459. The summed E-state index contributed by atoms with van der Waals surface area (Å²) in [5.74, 6) is 0.387. The van der Waals surface area contributed by atoms with Gasteiger partial charge in [-0.15, -0.1) is 10.2 Å². The molecular weight excluding hydrogens is 468 g/mol. The number of nitrogens with zero attached hydrogens (tertiary/aromatic N) is 3. The molecule has 6 nitrogen and oxygen atoms in total. The van der Waals surface area contributed by atoms with Crippen molar-refractivity contribution in [1.29, 1.82) is 0 Å². The number of nitrogens with one attached hydrogen (secondary N) is 1. The molecule has 0 aliphatic carbocycles. The minimum Gasteiger partial charge on any atom is -0.325 e. The maximum absolute atomic E-state index is 12.9. The summed E-state index contributed by atoms with van der Waals surface area (Å²) in [6.07, 6.45) is 0. The molecule has 4 rings (SSSR count). The number of thioether (sulfide) groups is 1. The lowest BCUT2D eigenvalue weighted by Gasteiger charge is -2.14. The Morgan fingerprint density at radius 3 is 2.47 bits per heavy atom. The smallest absolute Gasteiger partial charge is 0.237 e. The number of carbonyl (C=O) groups excluding carboxylic acids is 2. The highest BCUT2D eigenvalue weighted by Crippen LogP contribution is 2.31. The molecule has 0 saturated carbocycles. The van der Waals surface area contributed by atoms with Gasteiger partial charge in [0.15, 0.2) is 16.8 Å². The number of anilines is 1. The van der Waals surface area contributed by atoms with Gasteiger partial charge in [-0.25, -0.2) is 0 Å². The lowest BCUT2D eigenvalue weighted by atomic mass is 10.1. The maximum atomic E-state index is 12.9. The van der Waals surface area contributed by atoms with E-state index >= 15 is 0 Å².